The molecule has 1 aromatic carbocycles. The second-order valence-electron chi connectivity index (χ2n) is 2.60. The highest BCUT2D eigenvalue weighted by atomic mass is 35.7. The van der Waals surface area contributed by atoms with Crippen molar-refractivity contribution in [2.75, 3.05) is 0 Å². The lowest BCUT2D eigenvalue weighted by Crippen LogP contribution is -1.99. The van der Waals surface area contributed by atoms with Crippen LogP contribution in [0.4, 0.5) is 11.4 Å². The lowest BCUT2D eigenvalue weighted by molar-refractivity contribution is -0.422. The fourth-order valence-electron chi connectivity index (χ4n) is 0.956. The van der Waals surface area contributed by atoms with Crippen molar-refractivity contribution >= 4 is 31.1 Å². The van der Waals surface area contributed by atoms with E-state index in [1.807, 2.05) is 0 Å². The predicted octanol–water partition coefficient (Wildman–Crippen LogP) is 1.43. The van der Waals surface area contributed by atoms with E-state index in [0.29, 0.717) is 12.1 Å². The zero-order valence-corrected chi connectivity index (χ0v) is 8.93. The number of hydrogen-bond donors (Lipinski definition) is 0. The molecule has 0 bridgehead atoms. The van der Waals surface area contributed by atoms with Gasteiger partial charge in [0.15, 0.2) is 0 Å². The molecule has 0 saturated carbocycles. The molecule has 16 heavy (non-hydrogen) atoms. The van der Waals surface area contributed by atoms with Gasteiger partial charge in [0.05, 0.1) is 14.7 Å². The van der Waals surface area contributed by atoms with E-state index < -0.39 is 35.2 Å². The van der Waals surface area contributed by atoms with E-state index >= 15 is 0 Å². The van der Waals surface area contributed by atoms with Gasteiger partial charge in [0, 0.05) is 22.8 Å². The monoisotopic (exact) mass is 266 g/mol. The lowest BCUT2D eigenvalue weighted by atomic mass is 10.3. The van der Waals surface area contributed by atoms with Gasteiger partial charge in [0.1, 0.15) is 0 Å². The third kappa shape index (κ3) is 2.44. The Balaban J connectivity index is 3.52. The van der Waals surface area contributed by atoms with Crippen LogP contribution in [0.2, 0.25) is 0 Å². The standard InChI is InChI=1S/C6H3ClN2O6S/c7-16(14,15)4-1-2-5(8(10)11)6(3-4)9(12)13/h1-3H. The van der Waals surface area contributed by atoms with E-state index in [1.54, 1.807) is 0 Å². The lowest BCUT2D eigenvalue weighted by Gasteiger charge is -1.97. The molecule has 0 aliphatic carbocycles. The molecule has 0 N–H and O–H groups in total. The summed E-state index contributed by atoms with van der Waals surface area (Å²) in [5, 5.41) is 20.9. The van der Waals surface area contributed by atoms with Crippen LogP contribution in [0.1, 0.15) is 0 Å². The Hall–Kier alpha value is -1.74. The first-order valence-corrected chi connectivity index (χ1v) is 5.92. The molecule has 0 amide bonds. The first-order chi connectivity index (χ1) is 7.23. The van der Waals surface area contributed by atoms with Gasteiger partial charge in [-0.15, -0.1) is 0 Å². The van der Waals surface area contributed by atoms with E-state index in [-0.39, 0.29) is 0 Å². The number of rotatable bonds is 3. The topological polar surface area (TPSA) is 120 Å². The molecule has 10 heteroatoms. The Morgan fingerprint density at radius 3 is 1.94 bits per heavy atom. The average molecular weight is 267 g/mol. The smallest absolute Gasteiger partial charge is 0.258 e. The maximum absolute atomic E-state index is 10.9. The van der Waals surface area contributed by atoms with Crippen LogP contribution in [0.5, 0.6) is 0 Å². The van der Waals surface area contributed by atoms with Crippen molar-refractivity contribution < 1.29 is 18.3 Å². The number of nitro benzene ring substituents is 2. The zero-order valence-electron chi connectivity index (χ0n) is 7.36. The summed E-state index contributed by atoms with van der Waals surface area (Å²) in [5.74, 6) is 0. The Morgan fingerprint density at radius 1 is 1.06 bits per heavy atom. The Kier molecular flexibility index (Phi) is 3.10. The number of nitrogens with zero attached hydrogens (tertiary/aromatic N) is 2. The average Bonchev–Trinajstić information content (AvgIpc) is 2.15. The molecule has 0 aliphatic rings. The minimum atomic E-state index is -4.16. The van der Waals surface area contributed by atoms with Crippen molar-refractivity contribution in [1.29, 1.82) is 0 Å². The Morgan fingerprint density at radius 2 is 1.56 bits per heavy atom. The summed E-state index contributed by atoms with van der Waals surface area (Å²) in [4.78, 5) is 18.3. The molecule has 0 spiro atoms. The van der Waals surface area contributed by atoms with Crippen LogP contribution in [0.25, 0.3) is 0 Å². The van der Waals surface area contributed by atoms with Gasteiger partial charge in [0.25, 0.3) is 9.05 Å². The first kappa shape index (κ1) is 12.3. The van der Waals surface area contributed by atoms with Crippen LogP contribution >= 0.6 is 10.7 Å². The third-order valence-corrected chi connectivity index (χ3v) is 2.97. The predicted molar refractivity (Wildman–Crippen MR) is 52.8 cm³/mol. The van der Waals surface area contributed by atoms with Crippen molar-refractivity contribution in [3.63, 3.8) is 0 Å². The van der Waals surface area contributed by atoms with Gasteiger partial charge < -0.3 is 0 Å². The van der Waals surface area contributed by atoms with E-state index in [2.05, 4.69) is 0 Å². The summed E-state index contributed by atoms with van der Waals surface area (Å²) in [7, 11) is 0.791. The molecule has 0 aliphatic heterocycles. The van der Waals surface area contributed by atoms with Crippen LogP contribution in [-0.4, -0.2) is 18.3 Å². The molecule has 0 unspecified atom stereocenters. The summed E-state index contributed by atoms with van der Waals surface area (Å²) >= 11 is 0. The van der Waals surface area contributed by atoms with Crippen molar-refractivity contribution in [1.82, 2.24) is 0 Å². The van der Waals surface area contributed by atoms with E-state index in [4.69, 9.17) is 10.7 Å². The molecule has 1 rings (SSSR count). The van der Waals surface area contributed by atoms with Crippen LogP contribution in [-0.2, 0) is 9.05 Å². The van der Waals surface area contributed by atoms with Crippen LogP contribution < -0.4 is 0 Å². The summed E-state index contributed by atoms with van der Waals surface area (Å²) in [6.07, 6.45) is 0. The number of hydrogen-bond acceptors (Lipinski definition) is 6. The Labute approximate surface area is 93.2 Å². The third-order valence-electron chi connectivity index (χ3n) is 1.62. The van der Waals surface area contributed by atoms with Gasteiger partial charge >= 0.3 is 11.4 Å². The van der Waals surface area contributed by atoms with Crippen molar-refractivity contribution in [3.05, 3.63) is 38.4 Å². The van der Waals surface area contributed by atoms with E-state index in [1.165, 1.54) is 0 Å². The molecule has 0 saturated heterocycles. The highest BCUT2D eigenvalue weighted by Gasteiger charge is 2.26. The quantitative estimate of drug-likeness (QED) is 0.463. The van der Waals surface area contributed by atoms with Crippen molar-refractivity contribution in [2.45, 2.75) is 4.90 Å². The van der Waals surface area contributed by atoms with E-state index in [9.17, 15) is 28.6 Å². The van der Waals surface area contributed by atoms with Gasteiger partial charge in [-0.25, -0.2) is 8.42 Å². The van der Waals surface area contributed by atoms with Gasteiger partial charge in [-0.2, -0.15) is 0 Å². The van der Waals surface area contributed by atoms with E-state index in [0.717, 1.165) is 6.07 Å². The highest BCUT2D eigenvalue weighted by Crippen LogP contribution is 2.30. The molecule has 1 aromatic rings. The van der Waals surface area contributed by atoms with Crippen LogP contribution in [0, 0.1) is 20.2 Å². The maximum atomic E-state index is 10.9. The summed E-state index contributed by atoms with van der Waals surface area (Å²) in [6.45, 7) is 0. The molecule has 0 aromatic heterocycles. The van der Waals surface area contributed by atoms with Crippen LogP contribution in [0.3, 0.4) is 0 Å². The molecule has 8 nitrogen and oxygen atoms in total. The largest absolute Gasteiger partial charge is 0.347 e. The van der Waals surface area contributed by atoms with Crippen LogP contribution in [0.15, 0.2) is 23.1 Å². The second kappa shape index (κ2) is 4.02. The fourth-order valence-corrected chi connectivity index (χ4v) is 1.73. The normalized spacial score (nSPS) is 11.1. The fraction of sp³-hybridized carbons (Fsp3) is 0. The number of nitro groups is 2. The molecule has 0 radical (unpaired) electrons. The van der Waals surface area contributed by atoms with Gasteiger partial charge in [-0.1, -0.05) is 0 Å². The Bertz CT molecular complexity index is 568. The van der Waals surface area contributed by atoms with Gasteiger partial charge in [0.2, 0.25) is 0 Å². The van der Waals surface area contributed by atoms with Gasteiger partial charge in [-0.3, -0.25) is 20.2 Å². The summed E-state index contributed by atoms with van der Waals surface area (Å²) in [6, 6.07) is 2.08. The highest BCUT2D eigenvalue weighted by molar-refractivity contribution is 8.13. The molecular weight excluding hydrogens is 264 g/mol. The molecule has 0 fully saturated rings. The zero-order chi connectivity index (χ0) is 12.5. The molecule has 0 atom stereocenters. The molecular formula is C6H3ClN2O6S. The summed E-state index contributed by atoms with van der Waals surface area (Å²) in [5.41, 5.74) is -1.72. The van der Waals surface area contributed by atoms with Crippen molar-refractivity contribution in [2.24, 2.45) is 0 Å². The number of halogens is 1. The molecule has 0 heterocycles. The first-order valence-electron chi connectivity index (χ1n) is 3.61. The minimum absolute atomic E-state index is 0.542. The van der Waals surface area contributed by atoms with Gasteiger partial charge in [-0.05, 0) is 6.07 Å². The number of benzene rings is 1. The maximum Gasteiger partial charge on any atom is 0.347 e. The minimum Gasteiger partial charge on any atom is -0.258 e. The van der Waals surface area contributed by atoms with Crippen molar-refractivity contribution in [3.8, 4) is 0 Å². The second-order valence-corrected chi connectivity index (χ2v) is 5.17. The summed E-state index contributed by atoms with van der Waals surface area (Å²) < 4.78 is 21.7. The SMILES string of the molecule is O=[N+]([O-])c1ccc(S(=O)(=O)Cl)cc1[N+](=O)[O-]. The molecule has 86 valence electrons.